The van der Waals surface area contributed by atoms with Gasteiger partial charge in [-0.2, -0.15) is 13.2 Å². The maximum Gasteiger partial charge on any atom is 0.419 e. The highest BCUT2D eigenvalue weighted by Crippen LogP contribution is 2.40. The normalized spacial score (nSPS) is 13.9. The summed E-state index contributed by atoms with van der Waals surface area (Å²) >= 11 is 1.33. The molecule has 1 unspecified atom stereocenters. The number of aryl methyl sites for hydroxylation is 1. The van der Waals surface area contributed by atoms with Crippen LogP contribution >= 0.6 is 11.3 Å². The van der Waals surface area contributed by atoms with E-state index in [2.05, 4.69) is 20.3 Å². The van der Waals surface area contributed by atoms with Crippen LogP contribution < -0.4 is 10.1 Å². The molecule has 2 heterocycles. The van der Waals surface area contributed by atoms with E-state index in [9.17, 15) is 18.0 Å². The van der Waals surface area contributed by atoms with Crippen molar-refractivity contribution in [2.24, 2.45) is 5.92 Å². The van der Waals surface area contributed by atoms with Crippen LogP contribution in [-0.4, -0.2) is 38.3 Å². The second-order valence-corrected chi connectivity index (χ2v) is 9.38. The van der Waals surface area contributed by atoms with Gasteiger partial charge in [0.2, 0.25) is 0 Å². The lowest BCUT2D eigenvalue weighted by Crippen LogP contribution is -2.50. The minimum atomic E-state index is -4.69. The SMILES string of the molecule is Cc1nc2c(-c3ccc(OCC(C)(CC(C)C)NC(=O)O)c(C(F)(F)F)c3)ncnc2s1. The predicted molar refractivity (Wildman–Crippen MR) is 115 cm³/mol. The number of hydrogen-bond acceptors (Lipinski definition) is 6. The van der Waals surface area contributed by atoms with Crippen LogP contribution in [0.25, 0.3) is 21.6 Å². The number of amides is 1. The molecule has 2 N–H and O–H groups in total. The number of benzene rings is 1. The highest BCUT2D eigenvalue weighted by atomic mass is 32.1. The average molecular weight is 469 g/mol. The van der Waals surface area contributed by atoms with Crippen molar-refractivity contribution >= 4 is 27.8 Å². The number of halogens is 3. The largest absolute Gasteiger partial charge is 0.491 e. The summed E-state index contributed by atoms with van der Waals surface area (Å²) in [7, 11) is 0. The molecule has 3 aromatic rings. The number of carbonyl (C=O) groups is 1. The summed E-state index contributed by atoms with van der Waals surface area (Å²) in [5.41, 5.74) is -1.06. The Morgan fingerprint density at radius 1 is 1.28 bits per heavy atom. The van der Waals surface area contributed by atoms with Gasteiger partial charge >= 0.3 is 12.3 Å². The summed E-state index contributed by atoms with van der Waals surface area (Å²) in [6.45, 7) is 6.90. The molecule has 0 spiro atoms. The standard InChI is InChI=1S/C21H23F3N4O3S/c1-11(2)8-20(4,28-19(29)30)9-31-15-6-5-13(7-14(15)21(22,23)24)16-17-18(26-10-25-16)32-12(3)27-17/h5-7,10-11,28H,8-9H2,1-4H3,(H,29,30). The smallest absolute Gasteiger partial charge is 0.419 e. The fourth-order valence-electron chi connectivity index (χ4n) is 3.64. The summed E-state index contributed by atoms with van der Waals surface area (Å²) in [5, 5.41) is 12.2. The van der Waals surface area contributed by atoms with Gasteiger partial charge in [0.15, 0.2) is 0 Å². The molecule has 2 aromatic heterocycles. The molecule has 32 heavy (non-hydrogen) atoms. The van der Waals surface area contributed by atoms with E-state index in [0.717, 1.165) is 11.1 Å². The van der Waals surface area contributed by atoms with Gasteiger partial charge in [-0.1, -0.05) is 25.2 Å². The number of hydrogen-bond donors (Lipinski definition) is 2. The van der Waals surface area contributed by atoms with Gasteiger partial charge in [0, 0.05) is 5.56 Å². The summed E-state index contributed by atoms with van der Waals surface area (Å²) in [4.78, 5) is 24.4. The van der Waals surface area contributed by atoms with Crippen molar-refractivity contribution in [3.05, 3.63) is 35.1 Å². The third-order valence-electron chi connectivity index (χ3n) is 4.67. The molecule has 1 amide bonds. The van der Waals surface area contributed by atoms with Crippen LogP contribution in [0, 0.1) is 12.8 Å². The quantitative estimate of drug-likeness (QED) is 0.473. The lowest BCUT2D eigenvalue weighted by Gasteiger charge is -2.31. The summed E-state index contributed by atoms with van der Waals surface area (Å²) < 4.78 is 47.1. The molecule has 0 bridgehead atoms. The second kappa shape index (κ2) is 8.89. The maximum absolute atomic E-state index is 13.9. The zero-order chi connectivity index (χ0) is 23.7. The highest BCUT2D eigenvalue weighted by Gasteiger charge is 2.36. The van der Waals surface area contributed by atoms with E-state index in [1.807, 2.05) is 13.8 Å². The maximum atomic E-state index is 13.9. The zero-order valence-corrected chi connectivity index (χ0v) is 18.8. The average Bonchev–Trinajstić information content (AvgIpc) is 3.04. The molecule has 0 aliphatic rings. The lowest BCUT2D eigenvalue weighted by molar-refractivity contribution is -0.139. The van der Waals surface area contributed by atoms with Crippen LogP contribution in [0.4, 0.5) is 18.0 Å². The second-order valence-electron chi connectivity index (χ2n) is 8.20. The number of rotatable bonds is 7. The molecule has 172 valence electrons. The molecule has 1 atom stereocenters. The molecule has 1 aromatic carbocycles. The Morgan fingerprint density at radius 3 is 2.62 bits per heavy atom. The first kappa shape index (κ1) is 23.7. The molecule has 0 saturated heterocycles. The zero-order valence-electron chi connectivity index (χ0n) is 17.9. The number of carboxylic acid groups (broad SMARTS) is 1. The molecular formula is C21H23F3N4O3S. The first-order valence-electron chi connectivity index (χ1n) is 9.81. The van der Waals surface area contributed by atoms with Crippen LogP contribution in [0.3, 0.4) is 0 Å². The third kappa shape index (κ3) is 5.45. The van der Waals surface area contributed by atoms with Crippen LogP contribution in [0.15, 0.2) is 24.5 Å². The Balaban J connectivity index is 1.98. The lowest BCUT2D eigenvalue weighted by atomic mass is 9.91. The predicted octanol–water partition coefficient (Wildman–Crippen LogP) is 5.53. The summed E-state index contributed by atoms with van der Waals surface area (Å²) in [6.07, 6.45) is -4.28. The van der Waals surface area contributed by atoms with Crippen LogP contribution in [0.2, 0.25) is 0 Å². The van der Waals surface area contributed by atoms with Gasteiger partial charge in [0.05, 0.1) is 16.1 Å². The number of alkyl halides is 3. The van der Waals surface area contributed by atoms with Crippen molar-refractivity contribution in [3.8, 4) is 17.0 Å². The Morgan fingerprint density at radius 2 is 2.00 bits per heavy atom. The number of thiazole rings is 1. The number of ether oxygens (including phenoxy) is 1. The number of aromatic nitrogens is 3. The van der Waals surface area contributed by atoms with Gasteiger partial charge in [-0.25, -0.2) is 19.7 Å². The number of nitrogens with zero attached hydrogens (tertiary/aromatic N) is 3. The molecule has 0 saturated carbocycles. The minimum absolute atomic E-state index is 0.0988. The first-order chi connectivity index (χ1) is 14.9. The first-order valence-corrected chi connectivity index (χ1v) is 10.6. The fraction of sp³-hybridized carbons (Fsp3) is 0.429. The van der Waals surface area contributed by atoms with Gasteiger partial charge in [-0.05, 0) is 44.4 Å². The van der Waals surface area contributed by atoms with Crippen molar-refractivity contribution in [1.82, 2.24) is 20.3 Å². The van der Waals surface area contributed by atoms with Gasteiger partial charge in [-0.15, -0.1) is 0 Å². The summed E-state index contributed by atoms with van der Waals surface area (Å²) in [6, 6.07) is 3.67. The van der Waals surface area contributed by atoms with E-state index >= 15 is 0 Å². The molecular weight excluding hydrogens is 445 g/mol. The van der Waals surface area contributed by atoms with Crippen LogP contribution in [0.5, 0.6) is 5.75 Å². The van der Waals surface area contributed by atoms with Crippen molar-refractivity contribution in [2.45, 2.75) is 45.8 Å². The van der Waals surface area contributed by atoms with Gasteiger partial charge in [0.25, 0.3) is 0 Å². The van der Waals surface area contributed by atoms with E-state index in [1.54, 1.807) is 13.8 Å². The van der Waals surface area contributed by atoms with Crippen molar-refractivity contribution < 1.29 is 27.8 Å². The number of fused-ring (bicyclic) bond motifs is 1. The molecule has 3 rings (SSSR count). The minimum Gasteiger partial charge on any atom is -0.491 e. The van der Waals surface area contributed by atoms with E-state index in [4.69, 9.17) is 9.84 Å². The monoisotopic (exact) mass is 468 g/mol. The Bertz CT molecular complexity index is 1130. The Kier molecular flexibility index (Phi) is 6.59. The summed E-state index contributed by atoms with van der Waals surface area (Å²) in [5.74, 6) is -0.287. The molecule has 0 aliphatic heterocycles. The molecule has 0 aliphatic carbocycles. The van der Waals surface area contributed by atoms with Crippen molar-refractivity contribution in [2.75, 3.05) is 6.61 Å². The van der Waals surface area contributed by atoms with Gasteiger partial charge < -0.3 is 15.2 Å². The van der Waals surface area contributed by atoms with E-state index in [0.29, 0.717) is 22.5 Å². The molecule has 11 heteroatoms. The molecule has 0 radical (unpaired) electrons. The fourth-order valence-corrected chi connectivity index (χ4v) is 4.39. The number of nitrogens with one attached hydrogen (secondary N) is 1. The Hall–Kier alpha value is -2.95. The van der Waals surface area contributed by atoms with Crippen LogP contribution in [0.1, 0.15) is 37.8 Å². The van der Waals surface area contributed by atoms with Crippen molar-refractivity contribution in [1.29, 1.82) is 0 Å². The van der Waals surface area contributed by atoms with E-state index in [1.165, 1.54) is 29.8 Å². The van der Waals surface area contributed by atoms with Crippen molar-refractivity contribution in [3.63, 3.8) is 0 Å². The van der Waals surface area contributed by atoms with E-state index in [-0.39, 0.29) is 23.8 Å². The molecule has 0 fully saturated rings. The van der Waals surface area contributed by atoms with Crippen LogP contribution in [-0.2, 0) is 6.18 Å². The molecule has 7 nitrogen and oxygen atoms in total. The highest BCUT2D eigenvalue weighted by molar-refractivity contribution is 7.18. The Labute approximate surface area is 186 Å². The third-order valence-corrected chi connectivity index (χ3v) is 5.55. The van der Waals surface area contributed by atoms with E-state index < -0.39 is 23.4 Å². The van der Waals surface area contributed by atoms with Gasteiger partial charge in [-0.3, -0.25) is 0 Å². The topological polar surface area (TPSA) is 97.2 Å². The van der Waals surface area contributed by atoms with Gasteiger partial charge in [0.1, 0.15) is 34.7 Å².